The third-order valence-electron chi connectivity index (χ3n) is 3.92. The Morgan fingerprint density at radius 2 is 1.91 bits per heavy atom. The second kappa shape index (κ2) is 6.47. The molecule has 0 saturated heterocycles. The molecule has 0 bridgehead atoms. The van der Waals surface area contributed by atoms with Crippen LogP contribution >= 0.6 is 11.6 Å². The Labute approximate surface area is 137 Å². The summed E-state index contributed by atoms with van der Waals surface area (Å²) in [6.07, 6.45) is 4.90. The third kappa shape index (κ3) is 4.37. The number of hydrogen-bond acceptors (Lipinski definition) is 3. The van der Waals surface area contributed by atoms with Gasteiger partial charge >= 0.3 is 6.09 Å². The minimum Gasteiger partial charge on any atom is -0.444 e. The molecule has 1 aliphatic rings. The summed E-state index contributed by atoms with van der Waals surface area (Å²) in [7, 11) is 0. The largest absolute Gasteiger partial charge is 0.444 e. The van der Waals surface area contributed by atoms with Crippen LogP contribution in [0.1, 0.15) is 58.4 Å². The van der Waals surface area contributed by atoms with Gasteiger partial charge in [-0.3, -0.25) is 5.32 Å². The zero-order valence-electron chi connectivity index (χ0n) is 13.5. The molecule has 1 aromatic rings. The van der Waals surface area contributed by atoms with Gasteiger partial charge in [-0.25, -0.2) is 4.79 Å². The highest BCUT2D eigenvalue weighted by molar-refractivity contribution is 6.33. The van der Waals surface area contributed by atoms with E-state index in [2.05, 4.69) is 5.32 Å². The maximum absolute atomic E-state index is 11.9. The Morgan fingerprint density at radius 3 is 2.50 bits per heavy atom. The second-order valence-electron chi connectivity index (χ2n) is 7.04. The predicted octanol–water partition coefficient (Wildman–Crippen LogP) is 4.81. The fraction of sp³-hybridized carbons (Fsp3) is 0.588. The molecule has 2 rings (SSSR count). The van der Waals surface area contributed by atoms with Gasteiger partial charge in [0, 0.05) is 5.54 Å². The molecule has 3 N–H and O–H groups in total. The molecular formula is C17H25ClN2O2. The molecule has 0 aromatic heterocycles. The first-order chi connectivity index (χ1) is 10.2. The molecule has 0 unspecified atom stereocenters. The van der Waals surface area contributed by atoms with Crippen molar-refractivity contribution in [1.82, 2.24) is 0 Å². The minimum absolute atomic E-state index is 0.326. The number of amides is 1. The number of nitrogens with two attached hydrogens (primary N) is 1. The van der Waals surface area contributed by atoms with Gasteiger partial charge in [-0.2, -0.15) is 0 Å². The van der Waals surface area contributed by atoms with E-state index in [-0.39, 0.29) is 5.54 Å². The Bertz CT molecular complexity index is 546. The van der Waals surface area contributed by atoms with Crippen LogP contribution in [0.4, 0.5) is 10.5 Å². The summed E-state index contributed by atoms with van der Waals surface area (Å²) in [6, 6.07) is 5.61. The third-order valence-corrected chi connectivity index (χ3v) is 4.25. The number of carbonyl (C=O) groups excluding carboxylic acids is 1. The molecule has 1 fully saturated rings. The lowest BCUT2D eigenvalue weighted by atomic mass is 9.77. The quantitative estimate of drug-likeness (QED) is 0.820. The van der Waals surface area contributed by atoms with E-state index < -0.39 is 11.7 Å². The van der Waals surface area contributed by atoms with Gasteiger partial charge in [-0.15, -0.1) is 0 Å². The number of anilines is 1. The molecule has 1 saturated carbocycles. The lowest BCUT2D eigenvalue weighted by Crippen LogP contribution is -2.38. The number of hydrogen-bond donors (Lipinski definition) is 2. The van der Waals surface area contributed by atoms with E-state index >= 15 is 0 Å². The first-order valence-corrected chi connectivity index (χ1v) is 8.16. The monoisotopic (exact) mass is 324 g/mol. The van der Waals surface area contributed by atoms with Gasteiger partial charge in [0.2, 0.25) is 0 Å². The predicted molar refractivity (Wildman–Crippen MR) is 90.3 cm³/mol. The fourth-order valence-corrected chi connectivity index (χ4v) is 2.98. The van der Waals surface area contributed by atoms with Crippen LogP contribution in [0.3, 0.4) is 0 Å². The molecular weight excluding hydrogens is 300 g/mol. The number of rotatable bonds is 2. The molecule has 122 valence electrons. The van der Waals surface area contributed by atoms with Crippen LogP contribution in [0, 0.1) is 0 Å². The van der Waals surface area contributed by atoms with E-state index in [0.717, 1.165) is 31.2 Å². The number of benzene rings is 1. The van der Waals surface area contributed by atoms with Gasteiger partial charge in [0.25, 0.3) is 0 Å². The molecule has 0 heterocycles. The van der Waals surface area contributed by atoms with Crippen molar-refractivity contribution in [2.45, 2.75) is 64.0 Å². The van der Waals surface area contributed by atoms with E-state index in [9.17, 15) is 4.79 Å². The number of ether oxygens (including phenoxy) is 1. The zero-order chi connectivity index (χ0) is 16.4. The topological polar surface area (TPSA) is 64.3 Å². The molecule has 0 aliphatic heterocycles. The number of halogens is 1. The Morgan fingerprint density at radius 1 is 1.27 bits per heavy atom. The highest BCUT2D eigenvalue weighted by atomic mass is 35.5. The van der Waals surface area contributed by atoms with Gasteiger partial charge in [0.1, 0.15) is 5.60 Å². The maximum atomic E-state index is 11.9. The van der Waals surface area contributed by atoms with Crippen LogP contribution in [0.5, 0.6) is 0 Å². The molecule has 0 spiro atoms. The Hall–Kier alpha value is -1.26. The maximum Gasteiger partial charge on any atom is 0.412 e. The van der Waals surface area contributed by atoms with Crippen molar-refractivity contribution in [2.24, 2.45) is 5.73 Å². The van der Waals surface area contributed by atoms with E-state index in [4.69, 9.17) is 22.1 Å². The second-order valence-corrected chi connectivity index (χ2v) is 7.45. The summed E-state index contributed by atoms with van der Waals surface area (Å²) >= 11 is 6.18. The van der Waals surface area contributed by atoms with Crippen molar-refractivity contribution in [3.8, 4) is 0 Å². The van der Waals surface area contributed by atoms with Crippen molar-refractivity contribution in [3.63, 3.8) is 0 Å². The van der Waals surface area contributed by atoms with Crippen molar-refractivity contribution >= 4 is 23.4 Å². The van der Waals surface area contributed by atoms with Crippen LogP contribution in [0.25, 0.3) is 0 Å². The Balaban J connectivity index is 2.18. The van der Waals surface area contributed by atoms with Crippen LogP contribution in [-0.4, -0.2) is 11.7 Å². The van der Waals surface area contributed by atoms with Gasteiger partial charge < -0.3 is 10.5 Å². The SMILES string of the molecule is CC(C)(C)OC(=O)Nc1cc(C2(N)CCCCC2)ccc1Cl. The smallest absolute Gasteiger partial charge is 0.412 e. The van der Waals surface area contributed by atoms with Crippen molar-refractivity contribution in [2.75, 3.05) is 5.32 Å². The minimum atomic E-state index is -0.549. The van der Waals surface area contributed by atoms with E-state index in [1.807, 2.05) is 32.9 Å². The van der Waals surface area contributed by atoms with E-state index in [0.29, 0.717) is 10.7 Å². The average molecular weight is 325 g/mol. The van der Waals surface area contributed by atoms with Gasteiger partial charge in [0.05, 0.1) is 10.7 Å². The Kier molecular flexibility index (Phi) is 5.03. The van der Waals surface area contributed by atoms with Crippen molar-refractivity contribution < 1.29 is 9.53 Å². The lowest BCUT2D eigenvalue weighted by molar-refractivity contribution is 0.0636. The summed E-state index contributed by atoms with van der Waals surface area (Å²) in [5.41, 5.74) is 7.23. The van der Waals surface area contributed by atoms with E-state index in [1.165, 1.54) is 6.42 Å². The summed E-state index contributed by atoms with van der Waals surface area (Å²) < 4.78 is 5.27. The van der Waals surface area contributed by atoms with Crippen molar-refractivity contribution in [3.05, 3.63) is 28.8 Å². The molecule has 4 nitrogen and oxygen atoms in total. The molecule has 5 heteroatoms. The molecule has 0 atom stereocenters. The van der Waals surface area contributed by atoms with Crippen molar-refractivity contribution in [1.29, 1.82) is 0 Å². The summed E-state index contributed by atoms with van der Waals surface area (Å²) in [5, 5.41) is 3.20. The van der Waals surface area contributed by atoms with Crippen LogP contribution in [-0.2, 0) is 10.3 Å². The summed E-state index contributed by atoms with van der Waals surface area (Å²) in [5.74, 6) is 0. The highest BCUT2D eigenvalue weighted by Crippen LogP contribution is 2.37. The lowest BCUT2D eigenvalue weighted by Gasteiger charge is -2.34. The van der Waals surface area contributed by atoms with Gasteiger partial charge in [-0.05, 0) is 51.3 Å². The average Bonchev–Trinajstić information content (AvgIpc) is 2.40. The van der Waals surface area contributed by atoms with Gasteiger partial charge in [-0.1, -0.05) is 36.9 Å². The van der Waals surface area contributed by atoms with Crippen LogP contribution in [0.2, 0.25) is 5.02 Å². The summed E-state index contributed by atoms with van der Waals surface area (Å²) in [6.45, 7) is 5.46. The fourth-order valence-electron chi connectivity index (χ4n) is 2.82. The normalized spacial score (nSPS) is 17.9. The standard InChI is InChI=1S/C17H25ClN2O2/c1-16(2,3)22-15(21)20-14-11-12(7-8-13(14)18)17(19)9-5-4-6-10-17/h7-8,11H,4-6,9-10,19H2,1-3H3,(H,20,21). The number of carbonyl (C=O) groups is 1. The summed E-state index contributed by atoms with van der Waals surface area (Å²) in [4.78, 5) is 11.9. The van der Waals surface area contributed by atoms with Gasteiger partial charge in [0.15, 0.2) is 0 Å². The van der Waals surface area contributed by atoms with Crippen LogP contribution in [0.15, 0.2) is 18.2 Å². The first kappa shape index (κ1) is 17.1. The van der Waals surface area contributed by atoms with Crippen LogP contribution < -0.4 is 11.1 Å². The number of nitrogens with one attached hydrogen (secondary N) is 1. The molecule has 1 aromatic carbocycles. The zero-order valence-corrected chi connectivity index (χ0v) is 14.3. The highest BCUT2D eigenvalue weighted by Gasteiger charge is 2.30. The van der Waals surface area contributed by atoms with E-state index in [1.54, 1.807) is 6.07 Å². The first-order valence-electron chi connectivity index (χ1n) is 7.79. The molecule has 1 amide bonds. The molecule has 22 heavy (non-hydrogen) atoms. The molecule has 0 radical (unpaired) electrons. The molecule has 1 aliphatic carbocycles.